The minimum absolute atomic E-state index is 0.126. The maximum atomic E-state index is 13.2. The number of alkyl halides is 3. The van der Waals surface area contributed by atoms with Crippen molar-refractivity contribution < 1.29 is 26.7 Å². The fourth-order valence-electron chi connectivity index (χ4n) is 2.59. The fraction of sp³-hybridized carbons (Fsp3) is 0.267. The lowest BCUT2D eigenvalue weighted by atomic mass is 10.1. The Kier molecular flexibility index (Phi) is 3.61. The number of fused-ring (bicyclic) bond motifs is 1. The smallest absolute Gasteiger partial charge is 0.361 e. The van der Waals surface area contributed by atoms with Gasteiger partial charge in [-0.2, -0.15) is 26.7 Å². The van der Waals surface area contributed by atoms with Crippen LogP contribution < -0.4 is 0 Å². The number of sulfonamides is 1. The molecular formula is C15H13F3N2O3S. The zero-order valence-electron chi connectivity index (χ0n) is 12.4. The van der Waals surface area contributed by atoms with Gasteiger partial charge in [0, 0.05) is 12.1 Å². The lowest BCUT2D eigenvalue weighted by Gasteiger charge is -2.33. The van der Waals surface area contributed by atoms with Gasteiger partial charge in [0.05, 0.1) is 4.90 Å². The van der Waals surface area contributed by atoms with Crippen LogP contribution >= 0.6 is 0 Å². The van der Waals surface area contributed by atoms with Crippen LogP contribution in [0.3, 0.4) is 0 Å². The van der Waals surface area contributed by atoms with Crippen LogP contribution in [0.5, 0.6) is 0 Å². The molecule has 1 heterocycles. The molecule has 9 heteroatoms. The summed E-state index contributed by atoms with van der Waals surface area (Å²) in [6.07, 6.45) is -6.11. The van der Waals surface area contributed by atoms with Gasteiger partial charge in [0.15, 0.2) is 0 Å². The molecule has 3 rings (SSSR count). The molecule has 1 aliphatic rings. The summed E-state index contributed by atoms with van der Waals surface area (Å²) < 4.78 is 64.8. The number of halogens is 3. The molecule has 1 N–H and O–H groups in total. The second kappa shape index (κ2) is 5.18. The summed E-state index contributed by atoms with van der Waals surface area (Å²) in [5.74, 6) is 0. The molecule has 0 fully saturated rings. The first kappa shape index (κ1) is 16.7. The Morgan fingerprint density at radius 2 is 1.79 bits per heavy atom. The van der Waals surface area contributed by atoms with Gasteiger partial charge in [0.1, 0.15) is 0 Å². The molecule has 0 radical (unpaired) electrons. The highest BCUT2D eigenvalue weighted by Gasteiger charge is 2.64. The Morgan fingerprint density at radius 3 is 2.42 bits per heavy atom. The molecule has 1 unspecified atom stereocenters. The van der Waals surface area contributed by atoms with Gasteiger partial charge in [-0.3, -0.25) is 0 Å². The molecule has 5 nitrogen and oxygen atoms in total. The highest BCUT2D eigenvalue weighted by molar-refractivity contribution is 7.89. The van der Waals surface area contributed by atoms with Crippen molar-refractivity contribution in [2.24, 2.45) is 5.10 Å². The number of hydrogen-bond donors (Lipinski definition) is 1. The number of hydrogen-bond acceptors (Lipinski definition) is 4. The van der Waals surface area contributed by atoms with Crippen LogP contribution in [0.1, 0.15) is 13.3 Å². The summed E-state index contributed by atoms with van der Waals surface area (Å²) in [5.41, 5.74) is -3.71. The molecule has 0 saturated carbocycles. The summed E-state index contributed by atoms with van der Waals surface area (Å²) in [5, 5.41) is 14.7. The van der Waals surface area contributed by atoms with Crippen LogP contribution in [-0.2, 0) is 10.0 Å². The maximum Gasteiger partial charge on any atom is 0.439 e. The molecule has 0 spiro atoms. The van der Waals surface area contributed by atoms with Gasteiger partial charge >= 0.3 is 6.18 Å². The van der Waals surface area contributed by atoms with Crippen molar-refractivity contribution in [3.05, 3.63) is 42.5 Å². The monoisotopic (exact) mass is 358 g/mol. The van der Waals surface area contributed by atoms with E-state index in [1.807, 2.05) is 0 Å². The van der Waals surface area contributed by atoms with Crippen molar-refractivity contribution in [2.75, 3.05) is 0 Å². The summed E-state index contributed by atoms with van der Waals surface area (Å²) in [4.78, 5) is -0.373. The predicted molar refractivity (Wildman–Crippen MR) is 81.7 cm³/mol. The summed E-state index contributed by atoms with van der Waals surface area (Å²) in [6.45, 7) is 1.23. The quantitative estimate of drug-likeness (QED) is 0.897. The van der Waals surface area contributed by atoms with E-state index >= 15 is 0 Å². The Balaban J connectivity index is 2.14. The second-order valence-corrected chi connectivity index (χ2v) is 7.35. The van der Waals surface area contributed by atoms with E-state index in [0.717, 1.165) is 5.39 Å². The Labute approximate surface area is 136 Å². The highest BCUT2D eigenvalue weighted by atomic mass is 32.2. The van der Waals surface area contributed by atoms with Gasteiger partial charge in [-0.05, 0) is 29.8 Å². The van der Waals surface area contributed by atoms with E-state index in [-0.39, 0.29) is 15.0 Å². The number of hydrazone groups is 1. The molecule has 0 amide bonds. The standard InChI is InChI=1S/C15H13F3N2O3S/c1-10-9-14(21,15(16,17)18)20(19-10)24(22,23)13-7-6-11-4-2-3-5-12(11)8-13/h2-8,21H,9H2,1H3. The highest BCUT2D eigenvalue weighted by Crippen LogP contribution is 2.43. The molecule has 24 heavy (non-hydrogen) atoms. The molecule has 2 aromatic rings. The Hall–Kier alpha value is -2.13. The number of benzene rings is 2. The lowest BCUT2D eigenvalue weighted by molar-refractivity contribution is -0.291. The van der Waals surface area contributed by atoms with Crippen LogP contribution in [-0.4, -0.2) is 35.6 Å². The van der Waals surface area contributed by atoms with Crippen LogP contribution in [0.2, 0.25) is 0 Å². The van der Waals surface area contributed by atoms with E-state index in [1.54, 1.807) is 24.3 Å². The fourth-order valence-corrected chi connectivity index (χ4v) is 4.11. The molecule has 1 atom stereocenters. The molecule has 0 aliphatic carbocycles. The lowest BCUT2D eigenvalue weighted by Crippen LogP contribution is -2.56. The van der Waals surface area contributed by atoms with Gasteiger partial charge in [-0.15, -0.1) is 4.41 Å². The van der Waals surface area contributed by atoms with Crippen molar-refractivity contribution in [1.82, 2.24) is 4.41 Å². The van der Waals surface area contributed by atoms with Crippen LogP contribution in [0.4, 0.5) is 13.2 Å². The van der Waals surface area contributed by atoms with Crippen LogP contribution in [0.25, 0.3) is 10.8 Å². The largest absolute Gasteiger partial charge is 0.439 e. The topological polar surface area (TPSA) is 70.0 Å². The molecular weight excluding hydrogens is 345 g/mol. The van der Waals surface area contributed by atoms with E-state index in [1.165, 1.54) is 25.1 Å². The average Bonchev–Trinajstić information content (AvgIpc) is 2.83. The molecule has 0 bridgehead atoms. The molecule has 2 aromatic carbocycles. The first-order chi connectivity index (χ1) is 11.1. The SMILES string of the molecule is CC1=NN(S(=O)(=O)c2ccc3ccccc3c2)C(O)(C(F)(F)F)C1. The Bertz CT molecular complexity index is 940. The summed E-state index contributed by atoms with van der Waals surface area (Å²) in [7, 11) is -4.68. The van der Waals surface area contributed by atoms with Gasteiger partial charge in [0.25, 0.3) is 15.7 Å². The first-order valence-electron chi connectivity index (χ1n) is 6.93. The minimum atomic E-state index is -5.18. The van der Waals surface area contributed by atoms with Crippen molar-refractivity contribution in [2.45, 2.75) is 30.1 Å². The van der Waals surface area contributed by atoms with Crippen LogP contribution in [0, 0.1) is 0 Å². The summed E-state index contributed by atoms with van der Waals surface area (Å²) in [6, 6.07) is 10.8. The average molecular weight is 358 g/mol. The molecule has 0 aromatic heterocycles. The van der Waals surface area contributed by atoms with E-state index in [4.69, 9.17) is 0 Å². The van der Waals surface area contributed by atoms with Gasteiger partial charge < -0.3 is 5.11 Å². The molecule has 128 valence electrons. The van der Waals surface area contributed by atoms with Crippen LogP contribution in [0.15, 0.2) is 52.5 Å². The number of aliphatic hydroxyl groups is 1. The molecule has 0 saturated heterocycles. The van der Waals surface area contributed by atoms with Crippen molar-refractivity contribution in [3.63, 3.8) is 0 Å². The van der Waals surface area contributed by atoms with Gasteiger partial charge in [0.2, 0.25) is 0 Å². The molecule has 1 aliphatic heterocycles. The third-order valence-electron chi connectivity index (χ3n) is 3.78. The summed E-state index contributed by atoms with van der Waals surface area (Å²) >= 11 is 0. The third-order valence-corrected chi connectivity index (χ3v) is 5.47. The predicted octanol–water partition coefficient (Wildman–Crippen LogP) is 2.86. The van der Waals surface area contributed by atoms with E-state index < -0.39 is 28.3 Å². The Morgan fingerprint density at radius 1 is 1.17 bits per heavy atom. The van der Waals surface area contributed by atoms with E-state index in [9.17, 15) is 26.7 Å². The van der Waals surface area contributed by atoms with E-state index in [2.05, 4.69) is 5.10 Å². The van der Waals surface area contributed by atoms with Crippen molar-refractivity contribution in [3.8, 4) is 0 Å². The van der Waals surface area contributed by atoms with Gasteiger partial charge in [-0.1, -0.05) is 30.3 Å². The van der Waals surface area contributed by atoms with E-state index in [0.29, 0.717) is 5.39 Å². The zero-order valence-corrected chi connectivity index (χ0v) is 13.3. The minimum Gasteiger partial charge on any atom is -0.361 e. The first-order valence-corrected chi connectivity index (χ1v) is 8.37. The van der Waals surface area contributed by atoms with Crippen molar-refractivity contribution >= 4 is 26.5 Å². The number of nitrogens with zero attached hydrogens (tertiary/aromatic N) is 2. The normalized spacial score (nSPS) is 22.0. The zero-order chi connectivity index (χ0) is 17.8. The second-order valence-electron chi connectivity index (χ2n) is 5.58. The maximum absolute atomic E-state index is 13.2. The van der Waals surface area contributed by atoms with Gasteiger partial charge in [-0.25, -0.2) is 0 Å². The van der Waals surface area contributed by atoms with Crippen molar-refractivity contribution in [1.29, 1.82) is 0 Å². The number of rotatable bonds is 2. The third kappa shape index (κ3) is 2.44.